The third-order valence-electron chi connectivity index (χ3n) is 4.39. The Hall–Kier alpha value is -1.11. The van der Waals surface area contributed by atoms with Crippen molar-refractivity contribution in [3.8, 4) is 0 Å². The van der Waals surface area contributed by atoms with Crippen LogP contribution in [0.3, 0.4) is 0 Å². The monoisotopic (exact) mass is 358 g/mol. The summed E-state index contributed by atoms with van der Waals surface area (Å²) in [5, 5.41) is 5.37. The lowest BCUT2D eigenvalue weighted by Crippen LogP contribution is -3.12. The van der Waals surface area contributed by atoms with E-state index < -0.39 is 0 Å². The second-order valence-electron chi connectivity index (χ2n) is 6.25. The molecule has 0 saturated heterocycles. The van der Waals surface area contributed by atoms with Crippen LogP contribution in [-0.2, 0) is 11.3 Å². The molecule has 1 unspecified atom stereocenters. The molecule has 0 radical (unpaired) electrons. The van der Waals surface area contributed by atoms with E-state index in [2.05, 4.69) is 10.6 Å². The summed E-state index contributed by atoms with van der Waals surface area (Å²) in [4.78, 5) is 26.3. The number of carbonyl (C=O) groups excluding carboxylic acids is 2. The summed E-state index contributed by atoms with van der Waals surface area (Å²) in [6, 6.07) is 3.34. The smallest absolute Gasteiger partial charge is 0.321 e. The van der Waals surface area contributed by atoms with Gasteiger partial charge in [0.05, 0.1) is 16.3 Å². The predicted octanol–water partition coefficient (Wildman–Crippen LogP) is 1.96. The van der Waals surface area contributed by atoms with Gasteiger partial charge in [0, 0.05) is 6.04 Å². The third kappa shape index (κ3) is 5.79. The number of carbonyl (C=O) groups is 2. The highest BCUT2D eigenvalue weighted by Gasteiger charge is 2.25. The van der Waals surface area contributed by atoms with Crippen molar-refractivity contribution in [2.45, 2.75) is 57.7 Å². The first-order valence-electron chi connectivity index (χ1n) is 8.13. The number of halogens is 1. The maximum Gasteiger partial charge on any atom is 0.321 e. The fourth-order valence-corrected chi connectivity index (χ4v) is 3.97. The van der Waals surface area contributed by atoms with Gasteiger partial charge in [0.1, 0.15) is 6.54 Å². The van der Waals surface area contributed by atoms with Gasteiger partial charge in [0.25, 0.3) is 5.91 Å². The number of amides is 3. The fourth-order valence-electron chi connectivity index (χ4n) is 2.79. The number of hydrogen-bond donors (Lipinski definition) is 3. The number of imide groups is 1. The third-order valence-corrected chi connectivity index (χ3v) is 5.62. The summed E-state index contributed by atoms with van der Waals surface area (Å²) in [7, 11) is 1.94. The molecule has 0 spiro atoms. The summed E-state index contributed by atoms with van der Waals surface area (Å²) in [5.41, 5.74) is 0. The molecule has 0 bridgehead atoms. The number of hydrogen-bond acceptors (Lipinski definition) is 3. The first-order chi connectivity index (χ1) is 11.0. The van der Waals surface area contributed by atoms with Crippen LogP contribution in [0.4, 0.5) is 4.79 Å². The molecule has 1 fully saturated rings. The highest BCUT2D eigenvalue weighted by atomic mass is 35.5. The zero-order valence-corrected chi connectivity index (χ0v) is 15.2. The number of urea groups is 1. The van der Waals surface area contributed by atoms with Crippen LogP contribution in [-0.4, -0.2) is 31.1 Å². The number of likely N-dealkylation sites (N-methyl/N-ethyl adjacent to an activating group) is 1. The quantitative estimate of drug-likeness (QED) is 0.753. The molecule has 1 saturated carbocycles. The van der Waals surface area contributed by atoms with Gasteiger partial charge in [-0.3, -0.25) is 10.1 Å². The molecule has 1 aliphatic rings. The van der Waals surface area contributed by atoms with Crippen LogP contribution in [0.15, 0.2) is 12.1 Å². The Morgan fingerprint density at radius 2 is 2.04 bits per heavy atom. The van der Waals surface area contributed by atoms with E-state index >= 15 is 0 Å². The fraction of sp³-hybridized carbons (Fsp3) is 0.625. The molecule has 1 aromatic heterocycles. The van der Waals surface area contributed by atoms with Gasteiger partial charge in [-0.1, -0.05) is 30.9 Å². The molecule has 1 aromatic rings. The molecule has 23 heavy (non-hydrogen) atoms. The highest BCUT2D eigenvalue weighted by Crippen LogP contribution is 2.20. The average molecular weight is 359 g/mol. The van der Waals surface area contributed by atoms with E-state index in [-0.39, 0.29) is 24.0 Å². The van der Waals surface area contributed by atoms with Crippen LogP contribution < -0.4 is 15.5 Å². The van der Waals surface area contributed by atoms with Gasteiger partial charge in [0.2, 0.25) is 0 Å². The predicted molar refractivity (Wildman–Crippen MR) is 92.9 cm³/mol. The van der Waals surface area contributed by atoms with Crippen molar-refractivity contribution in [2.24, 2.45) is 0 Å². The first-order valence-corrected chi connectivity index (χ1v) is 9.33. The SMILES string of the molecule is C[C@@H](C(=O)NC(=O)NC1CCCCC1)[NH+](C)Cc1ccc(Cl)s1. The van der Waals surface area contributed by atoms with Crippen LogP contribution in [0.5, 0.6) is 0 Å². The zero-order chi connectivity index (χ0) is 16.8. The lowest BCUT2D eigenvalue weighted by atomic mass is 9.96. The summed E-state index contributed by atoms with van der Waals surface area (Å²) in [6.07, 6.45) is 5.52. The van der Waals surface area contributed by atoms with Gasteiger partial charge in [-0.05, 0) is 31.9 Å². The molecule has 1 aliphatic carbocycles. The molecule has 1 heterocycles. The molecular formula is C16H25ClN3O2S+. The topological polar surface area (TPSA) is 62.6 Å². The van der Waals surface area contributed by atoms with Crippen LogP contribution >= 0.6 is 22.9 Å². The van der Waals surface area contributed by atoms with Crippen molar-refractivity contribution in [3.05, 3.63) is 21.3 Å². The minimum Gasteiger partial charge on any atom is -0.335 e. The average Bonchev–Trinajstić information content (AvgIpc) is 2.92. The van der Waals surface area contributed by atoms with E-state index in [1.165, 1.54) is 17.8 Å². The van der Waals surface area contributed by atoms with Crippen LogP contribution in [0.1, 0.15) is 43.9 Å². The minimum atomic E-state index is -0.374. The van der Waals surface area contributed by atoms with Crippen LogP contribution in [0.25, 0.3) is 0 Å². The van der Waals surface area contributed by atoms with Crippen molar-refractivity contribution in [1.29, 1.82) is 0 Å². The van der Waals surface area contributed by atoms with E-state index in [0.717, 1.165) is 39.8 Å². The largest absolute Gasteiger partial charge is 0.335 e. The molecule has 0 aromatic carbocycles. The van der Waals surface area contributed by atoms with E-state index in [4.69, 9.17) is 11.6 Å². The molecule has 3 N–H and O–H groups in total. The Morgan fingerprint density at radius 3 is 2.65 bits per heavy atom. The normalized spacial score (nSPS) is 18.2. The van der Waals surface area contributed by atoms with Gasteiger partial charge in [0.15, 0.2) is 6.04 Å². The lowest BCUT2D eigenvalue weighted by molar-refractivity contribution is -0.907. The van der Waals surface area contributed by atoms with Crippen molar-refractivity contribution >= 4 is 34.9 Å². The molecule has 3 amide bonds. The molecule has 2 atom stereocenters. The van der Waals surface area contributed by atoms with Gasteiger partial charge in [-0.25, -0.2) is 4.79 Å². The van der Waals surface area contributed by atoms with Gasteiger partial charge in [-0.2, -0.15) is 0 Å². The van der Waals surface area contributed by atoms with E-state index in [9.17, 15) is 9.59 Å². The first kappa shape index (κ1) is 18.2. The van der Waals surface area contributed by atoms with Crippen LogP contribution in [0.2, 0.25) is 4.34 Å². The Bertz CT molecular complexity index is 543. The molecule has 5 nitrogen and oxygen atoms in total. The number of rotatable bonds is 5. The maximum absolute atomic E-state index is 12.2. The van der Waals surface area contributed by atoms with E-state index in [0.29, 0.717) is 6.54 Å². The molecule has 128 valence electrons. The second-order valence-corrected chi connectivity index (χ2v) is 8.05. The standard InChI is InChI=1S/C16H24ClN3O2S/c1-11(20(2)10-13-8-9-14(17)23-13)15(21)19-16(22)18-12-6-4-3-5-7-12/h8-9,11-12H,3-7,10H2,1-2H3,(H2,18,19,21,22)/p+1/t11-/m0/s1. The molecule has 0 aliphatic heterocycles. The van der Waals surface area contributed by atoms with Crippen LogP contribution in [0, 0.1) is 0 Å². The molecule has 7 heteroatoms. The summed E-state index contributed by atoms with van der Waals surface area (Å²) >= 11 is 7.44. The minimum absolute atomic E-state index is 0.199. The van der Waals surface area contributed by atoms with Crippen molar-refractivity contribution in [2.75, 3.05) is 7.05 Å². The molecular weight excluding hydrogens is 334 g/mol. The highest BCUT2D eigenvalue weighted by molar-refractivity contribution is 7.16. The number of nitrogens with one attached hydrogen (secondary N) is 3. The summed E-state index contributed by atoms with van der Waals surface area (Å²) < 4.78 is 0.747. The second kappa shape index (κ2) is 8.66. The number of thiophene rings is 1. The van der Waals surface area contributed by atoms with Gasteiger partial charge >= 0.3 is 6.03 Å². The summed E-state index contributed by atoms with van der Waals surface area (Å²) in [6.45, 7) is 2.53. The Morgan fingerprint density at radius 1 is 1.35 bits per heavy atom. The van der Waals surface area contributed by atoms with Crippen molar-refractivity contribution in [3.63, 3.8) is 0 Å². The van der Waals surface area contributed by atoms with Crippen molar-refractivity contribution < 1.29 is 14.5 Å². The van der Waals surface area contributed by atoms with Crippen molar-refractivity contribution in [1.82, 2.24) is 10.6 Å². The summed E-state index contributed by atoms with van der Waals surface area (Å²) in [5.74, 6) is -0.251. The Labute approximate surface area is 146 Å². The Balaban J connectivity index is 1.77. The zero-order valence-electron chi connectivity index (χ0n) is 13.7. The maximum atomic E-state index is 12.2. The van der Waals surface area contributed by atoms with E-state index in [1.807, 2.05) is 26.1 Å². The molecule has 2 rings (SSSR count). The lowest BCUT2D eigenvalue weighted by Gasteiger charge is -2.24. The van der Waals surface area contributed by atoms with Gasteiger partial charge < -0.3 is 10.2 Å². The van der Waals surface area contributed by atoms with E-state index in [1.54, 1.807) is 0 Å². The Kier molecular flexibility index (Phi) is 6.87. The number of quaternary nitrogens is 1. The van der Waals surface area contributed by atoms with Gasteiger partial charge in [-0.15, -0.1) is 11.3 Å².